The van der Waals surface area contributed by atoms with Crippen LogP contribution in [0.3, 0.4) is 0 Å². The number of carboxylic acid groups (broad SMARTS) is 1. The fraction of sp³-hybridized carbons (Fsp3) is 0.500. The summed E-state index contributed by atoms with van der Waals surface area (Å²) in [4.78, 5) is 34.6. The largest absolute Gasteiger partial charge is 0.503 e. The van der Waals surface area contributed by atoms with Crippen molar-refractivity contribution in [2.45, 2.75) is 26.4 Å². The lowest BCUT2D eigenvalue weighted by molar-refractivity contribution is -0.138. The molecular formula is C14H21N3O5. The van der Waals surface area contributed by atoms with E-state index >= 15 is 0 Å². The van der Waals surface area contributed by atoms with E-state index in [1.165, 1.54) is 19.2 Å². The summed E-state index contributed by atoms with van der Waals surface area (Å²) in [5, 5.41) is 21.0. The average molecular weight is 311 g/mol. The summed E-state index contributed by atoms with van der Waals surface area (Å²) in [6.45, 7) is 2.51. The molecule has 22 heavy (non-hydrogen) atoms. The molecule has 1 rings (SSSR count). The maximum absolute atomic E-state index is 11.6. The molecule has 1 aromatic rings. The van der Waals surface area contributed by atoms with Crippen molar-refractivity contribution in [2.75, 3.05) is 20.1 Å². The van der Waals surface area contributed by atoms with Gasteiger partial charge in [0.15, 0.2) is 5.75 Å². The zero-order valence-electron chi connectivity index (χ0n) is 12.7. The summed E-state index contributed by atoms with van der Waals surface area (Å²) >= 11 is 0. The molecule has 0 aliphatic heterocycles. The van der Waals surface area contributed by atoms with E-state index in [1.807, 2.05) is 0 Å². The van der Waals surface area contributed by atoms with Gasteiger partial charge in [0.25, 0.3) is 0 Å². The predicted molar refractivity (Wildman–Crippen MR) is 79.6 cm³/mol. The van der Waals surface area contributed by atoms with Crippen LogP contribution in [0.1, 0.15) is 19.0 Å². The van der Waals surface area contributed by atoms with Gasteiger partial charge in [-0.3, -0.25) is 19.3 Å². The third kappa shape index (κ3) is 5.96. The van der Waals surface area contributed by atoms with Gasteiger partial charge < -0.3 is 20.1 Å². The summed E-state index contributed by atoms with van der Waals surface area (Å²) in [7, 11) is 1.63. The number of amides is 1. The van der Waals surface area contributed by atoms with Crippen LogP contribution in [0.15, 0.2) is 17.1 Å². The lowest BCUT2D eigenvalue weighted by Gasteiger charge is -2.19. The summed E-state index contributed by atoms with van der Waals surface area (Å²) in [5.41, 5.74) is 0.103. The Morgan fingerprint density at radius 2 is 2.09 bits per heavy atom. The molecule has 0 saturated heterocycles. The highest BCUT2D eigenvalue weighted by atomic mass is 16.4. The van der Waals surface area contributed by atoms with Crippen LogP contribution >= 0.6 is 0 Å². The van der Waals surface area contributed by atoms with E-state index in [1.54, 1.807) is 16.5 Å². The Morgan fingerprint density at radius 3 is 2.68 bits per heavy atom. The zero-order valence-corrected chi connectivity index (χ0v) is 12.7. The van der Waals surface area contributed by atoms with Crippen molar-refractivity contribution in [3.8, 4) is 5.75 Å². The first-order chi connectivity index (χ1) is 10.3. The monoisotopic (exact) mass is 311 g/mol. The number of carbonyl (C=O) groups is 2. The van der Waals surface area contributed by atoms with Gasteiger partial charge in [-0.05, 0) is 13.5 Å². The maximum Gasteiger partial charge on any atom is 0.317 e. The Morgan fingerprint density at radius 1 is 1.41 bits per heavy atom. The molecule has 3 N–H and O–H groups in total. The standard InChI is InChI=1S/C14H21N3O5/c1-10(18)15-4-3-5-17-8-13(20)12(19)6-11(17)7-16(2)9-14(21)22/h6,8,20H,3-5,7,9H2,1-2H3,(H,15,18)(H,21,22). The lowest BCUT2D eigenvalue weighted by atomic mass is 10.2. The van der Waals surface area contributed by atoms with Gasteiger partial charge in [0.1, 0.15) is 0 Å². The predicted octanol–water partition coefficient (Wildman–Crippen LogP) is -0.404. The van der Waals surface area contributed by atoms with E-state index in [0.717, 1.165) is 0 Å². The van der Waals surface area contributed by atoms with Gasteiger partial charge in [-0.1, -0.05) is 0 Å². The van der Waals surface area contributed by atoms with Crippen LogP contribution in [-0.2, 0) is 22.7 Å². The normalized spacial score (nSPS) is 10.7. The third-order valence-corrected chi connectivity index (χ3v) is 2.98. The van der Waals surface area contributed by atoms with Gasteiger partial charge in [-0.25, -0.2) is 0 Å². The lowest BCUT2D eigenvalue weighted by Crippen LogP contribution is -2.28. The van der Waals surface area contributed by atoms with Crippen molar-refractivity contribution in [1.82, 2.24) is 14.8 Å². The maximum atomic E-state index is 11.6. The number of hydrogen-bond donors (Lipinski definition) is 3. The molecule has 8 nitrogen and oxygen atoms in total. The number of nitrogens with one attached hydrogen (secondary N) is 1. The van der Waals surface area contributed by atoms with Crippen molar-refractivity contribution in [3.63, 3.8) is 0 Å². The minimum atomic E-state index is -0.958. The van der Waals surface area contributed by atoms with Gasteiger partial charge >= 0.3 is 5.97 Å². The Balaban J connectivity index is 2.80. The smallest absolute Gasteiger partial charge is 0.317 e. The molecule has 0 atom stereocenters. The number of carbonyl (C=O) groups excluding carboxylic acids is 1. The molecule has 8 heteroatoms. The molecule has 122 valence electrons. The molecule has 0 fully saturated rings. The van der Waals surface area contributed by atoms with E-state index < -0.39 is 11.4 Å². The van der Waals surface area contributed by atoms with Crippen molar-refractivity contribution >= 4 is 11.9 Å². The summed E-state index contributed by atoms with van der Waals surface area (Å²) in [6.07, 6.45) is 1.96. The van der Waals surface area contributed by atoms with Crippen LogP contribution in [0.4, 0.5) is 0 Å². The number of aromatic hydroxyl groups is 1. The van der Waals surface area contributed by atoms with Crippen LogP contribution in [0.5, 0.6) is 5.75 Å². The van der Waals surface area contributed by atoms with E-state index in [2.05, 4.69) is 5.32 Å². The highest BCUT2D eigenvalue weighted by Crippen LogP contribution is 2.08. The third-order valence-electron chi connectivity index (χ3n) is 2.98. The van der Waals surface area contributed by atoms with Crippen LogP contribution in [0.2, 0.25) is 0 Å². The molecule has 1 heterocycles. The minimum Gasteiger partial charge on any atom is -0.503 e. The van der Waals surface area contributed by atoms with Crippen molar-refractivity contribution in [2.24, 2.45) is 0 Å². The Kier molecular flexibility index (Phi) is 6.58. The molecule has 0 unspecified atom stereocenters. The molecule has 0 bridgehead atoms. The van der Waals surface area contributed by atoms with Crippen molar-refractivity contribution in [3.05, 3.63) is 28.2 Å². The molecule has 1 aromatic heterocycles. The van der Waals surface area contributed by atoms with Crippen LogP contribution in [-0.4, -0.2) is 51.7 Å². The number of aliphatic carboxylic acids is 1. The summed E-state index contributed by atoms with van der Waals surface area (Å²) < 4.78 is 1.69. The molecule has 0 aliphatic rings. The number of hydrogen-bond acceptors (Lipinski definition) is 5. The first kappa shape index (κ1) is 17.7. The highest BCUT2D eigenvalue weighted by molar-refractivity contribution is 5.72. The van der Waals surface area contributed by atoms with Gasteiger partial charge in [0.2, 0.25) is 11.3 Å². The van der Waals surface area contributed by atoms with Gasteiger partial charge in [-0.15, -0.1) is 0 Å². The topological polar surface area (TPSA) is 112 Å². The molecular weight excluding hydrogens is 290 g/mol. The Bertz CT molecular complexity index is 597. The van der Waals surface area contributed by atoms with Crippen molar-refractivity contribution < 1.29 is 19.8 Å². The van der Waals surface area contributed by atoms with E-state index in [0.29, 0.717) is 25.2 Å². The van der Waals surface area contributed by atoms with Gasteiger partial charge in [0.05, 0.1) is 12.7 Å². The van der Waals surface area contributed by atoms with Crippen molar-refractivity contribution in [1.29, 1.82) is 0 Å². The molecule has 0 spiro atoms. The number of rotatable bonds is 8. The first-order valence-electron chi connectivity index (χ1n) is 6.86. The quantitative estimate of drug-likeness (QED) is 0.563. The van der Waals surface area contributed by atoms with E-state index in [4.69, 9.17) is 5.11 Å². The first-order valence-corrected chi connectivity index (χ1v) is 6.86. The summed E-state index contributed by atoms with van der Waals surface area (Å²) in [5.74, 6) is -1.44. The second-order valence-electron chi connectivity index (χ2n) is 5.11. The van der Waals surface area contributed by atoms with Crippen LogP contribution in [0.25, 0.3) is 0 Å². The highest BCUT2D eigenvalue weighted by Gasteiger charge is 2.10. The van der Waals surface area contributed by atoms with Crippen LogP contribution < -0.4 is 10.7 Å². The van der Waals surface area contributed by atoms with E-state index in [9.17, 15) is 19.5 Å². The number of aryl methyl sites for hydroxylation is 1. The zero-order chi connectivity index (χ0) is 16.7. The molecule has 0 aromatic carbocycles. The van der Waals surface area contributed by atoms with Gasteiger partial charge in [0, 0.05) is 38.3 Å². The number of pyridine rings is 1. The van der Waals surface area contributed by atoms with E-state index in [-0.39, 0.29) is 24.7 Å². The second-order valence-corrected chi connectivity index (χ2v) is 5.11. The van der Waals surface area contributed by atoms with Gasteiger partial charge in [-0.2, -0.15) is 0 Å². The molecule has 0 saturated carbocycles. The average Bonchev–Trinajstić information content (AvgIpc) is 2.38. The fourth-order valence-corrected chi connectivity index (χ4v) is 2.02. The minimum absolute atomic E-state index is 0.121. The Labute approximate surface area is 128 Å². The number of nitrogens with zero attached hydrogens (tertiary/aromatic N) is 2. The molecule has 0 radical (unpaired) electrons. The second kappa shape index (κ2) is 8.18. The Hall–Kier alpha value is -2.35. The summed E-state index contributed by atoms with van der Waals surface area (Å²) in [6, 6.07) is 1.30. The SMILES string of the molecule is CC(=O)NCCCn1cc(O)c(=O)cc1CN(C)CC(=O)O. The van der Waals surface area contributed by atoms with Crippen LogP contribution in [0, 0.1) is 0 Å². The number of carboxylic acids is 1. The number of aromatic nitrogens is 1. The molecule has 1 amide bonds. The fourth-order valence-electron chi connectivity index (χ4n) is 2.02. The molecule has 0 aliphatic carbocycles. The number of likely N-dealkylation sites (N-methyl/N-ethyl adjacent to an activating group) is 1.